The Labute approximate surface area is 88.7 Å². The van der Waals surface area contributed by atoms with Gasteiger partial charge in [-0.2, -0.15) is 0 Å². The van der Waals surface area contributed by atoms with Crippen LogP contribution in [0.1, 0.15) is 27.2 Å². The molecule has 2 atom stereocenters. The zero-order valence-corrected chi connectivity index (χ0v) is 10.1. The van der Waals surface area contributed by atoms with Crippen LogP contribution in [-0.4, -0.2) is 11.1 Å². The minimum absolute atomic E-state index is 0.153. The molecule has 0 aromatic rings. The molecular formula is C11H17BrO. The van der Waals surface area contributed by atoms with Crippen LogP contribution < -0.4 is 0 Å². The maximum atomic E-state index is 10.8. The topological polar surface area (TPSA) is 17.1 Å². The van der Waals surface area contributed by atoms with E-state index in [2.05, 4.69) is 35.9 Å². The molecule has 0 amide bonds. The van der Waals surface area contributed by atoms with Crippen molar-refractivity contribution in [2.24, 2.45) is 17.3 Å². The van der Waals surface area contributed by atoms with Gasteiger partial charge < -0.3 is 0 Å². The number of carbonyl (C=O) groups excluding carboxylic acids is 1. The summed E-state index contributed by atoms with van der Waals surface area (Å²) in [5.41, 5.74) is 0.403. The Kier molecular flexibility index (Phi) is 3.33. The largest absolute Gasteiger partial charge is 0.295 e. The molecule has 1 rings (SSSR count). The van der Waals surface area contributed by atoms with Gasteiger partial charge in [0.15, 0.2) is 5.78 Å². The number of hydrogen-bond donors (Lipinski definition) is 0. The van der Waals surface area contributed by atoms with E-state index in [4.69, 9.17) is 0 Å². The fraction of sp³-hybridized carbons (Fsp3) is 0.727. The van der Waals surface area contributed by atoms with Crippen LogP contribution >= 0.6 is 15.9 Å². The van der Waals surface area contributed by atoms with E-state index >= 15 is 0 Å². The second-order valence-corrected chi connectivity index (χ2v) is 5.19. The first-order chi connectivity index (χ1) is 6.00. The van der Waals surface area contributed by atoms with Crippen molar-refractivity contribution >= 4 is 21.7 Å². The first-order valence-electron chi connectivity index (χ1n) is 4.75. The number of rotatable bonds is 4. The summed E-state index contributed by atoms with van der Waals surface area (Å²) in [7, 11) is 0. The lowest BCUT2D eigenvalue weighted by Gasteiger charge is -1.98. The van der Waals surface area contributed by atoms with Crippen LogP contribution in [0.2, 0.25) is 0 Å². The molecule has 1 aliphatic rings. The average Bonchev–Trinajstić information content (AvgIpc) is 2.51. The molecule has 1 saturated carbocycles. The van der Waals surface area contributed by atoms with E-state index in [1.54, 1.807) is 13.0 Å². The van der Waals surface area contributed by atoms with Gasteiger partial charge in [-0.3, -0.25) is 4.79 Å². The van der Waals surface area contributed by atoms with Crippen LogP contribution in [0.5, 0.6) is 0 Å². The average molecular weight is 245 g/mol. The third-order valence-corrected chi connectivity index (χ3v) is 3.56. The molecule has 0 aromatic heterocycles. The fourth-order valence-electron chi connectivity index (χ4n) is 2.08. The lowest BCUT2D eigenvalue weighted by atomic mass is 10.1. The molecule has 0 aromatic carbocycles. The van der Waals surface area contributed by atoms with Crippen molar-refractivity contribution < 1.29 is 4.79 Å². The second-order valence-electron chi connectivity index (χ2n) is 4.40. The zero-order chi connectivity index (χ0) is 10.1. The summed E-state index contributed by atoms with van der Waals surface area (Å²) in [5.74, 6) is 1.51. The van der Waals surface area contributed by atoms with Crippen LogP contribution in [0.15, 0.2) is 12.2 Å². The number of alkyl halides is 1. The maximum absolute atomic E-state index is 10.8. The van der Waals surface area contributed by atoms with Crippen LogP contribution in [0, 0.1) is 17.3 Å². The number of allylic oxidation sites excluding steroid dienone is 2. The quantitative estimate of drug-likeness (QED) is 0.549. The number of ketones is 1. The molecule has 0 N–H and O–H groups in total. The maximum Gasteiger partial charge on any atom is 0.152 e. The molecule has 13 heavy (non-hydrogen) atoms. The van der Waals surface area contributed by atoms with Crippen LogP contribution in [-0.2, 0) is 4.79 Å². The zero-order valence-electron chi connectivity index (χ0n) is 8.51. The SMILES string of the molecule is CC(=O)/C=C/[C@@H]1[C@H](CCBr)C1(C)C. The molecule has 0 unspecified atom stereocenters. The molecule has 1 aliphatic carbocycles. The lowest BCUT2D eigenvalue weighted by molar-refractivity contribution is -0.112. The van der Waals surface area contributed by atoms with Gasteiger partial charge in [0.25, 0.3) is 0 Å². The third kappa shape index (κ3) is 2.43. The van der Waals surface area contributed by atoms with Crippen molar-refractivity contribution in [1.29, 1.82) is 0 Å². The Morgan fingerprint density at radius 1 is 1.54 bits per heavy atom. The van der Waals surface area contributed by atoms with Gasteiger partial charge >= 0.3 is 0 Å². The van der Waals surface area contributed by atoms with Crippen LogP contribution in [0.3, 0.4) is 0 Å². The van der Waals surface area contributed by atoms with Gasteiger partial charge in [0.1, 0.15) is 0 Å². The van der Waals surface area contributed by atoms with E-state index in [-0.39, 0.29) is 5.78 Å². The Morgan fingerprint density at radius 3 is 2.62 bits per heavy atom. The second kappa shape index (κ2) is 3.95. The van der Waals surface area contributed by atoms with E-state index in [1.165, 1.54) is 6.42 Å². The van der Waals surface area contributed by atoms with Crippen molar-refractivity contribution in [1.82, 2.24) is 0 Å². The van der Waals surface area contributed by atoms with Crippen molar-refractivity contribution in [2.45, 2.75) is 27.2 Å². The monoisotopic (exact) mass is 244 g/mol. The molecular weight excluding hydrogens is 228 g/mol. The summed E-state index contributed by atoms with van der Waals surface area (Å²) in [6.45, 7) is 6.15. The molecule has 74 valence electrons. The third-order valence-electron chi connectivity index (χ3n) is 3.10. The Balaban J connectivity index is 2.50. The summed E-state index contributed by atoms with van der Waals surface area (Å²) in [6, 6.07) is 0. The highest BCUT2D eigenvalue weighted by molar-refractivity contribution is 9.09. The summed E-state index contributed by atoms with van der Waals surface area (Å²) >= 11 is 3.46. The Morgan fingerprint density at radius 2 is 2.15 bits per heavy atom. The van der Waals surface area contributed by atoms with Crippen LogP contribution in [0.25, 0.3) is 0 Å². The van der Waals surface area contributed by atoms with Crippen molar-refractivity contribution in [2.75, 3.05) is 5.33 Å². The number of carbonyl (C=O) groups is 1. The van der Waals surface area contributed by atoms with E-state index < -0.39 is 0 Å². The van der Waals surface area contributed by atoms with E-state index in [0.717, 1.165) is 11.2 Å². The van der Waals surface area contributed by atoms with Gasteiger partial charge in [0.2, 0.25) is 0 Å². The number of hydrogen-bond acceptors (Lipinski definition) is 1. The molecule has 2 heteroatoms. The molecule has 1 nitrogen and oxygen atoms in total. The summed E-state index contributed by atoms with van der Waals surface area (Å²) in [4.78, 5) is 10.8. The Hall–Kier alpha value is -0.110. The van der Waals surface area contributed by atoms with Gasteiger partial charge in [-0.05, 0) is 36.7 Å². The molecule has 0 aliphatic heterocycles. The highest BCUT2D eigenvalue weighted by Gasteiger charge is 2.54. The van der Waals surface area contributed by atoms with Crippen LogP contribution in [0.4, 0.5) is 0 Å². The standard InChI is InChI=1S/C11H17BrO/c1-8(13)4-5-9-10(6-7-12)11(9,2)3/h4-5,9-10H,6-7H2,1-3H3/b5-4+/t9-,10+/m1/s1. The highest BCUT2D eigenvalue weighted by atomic mass is 79.9. The minimum Gasteiger partial charge on any atom is -0.295 e. The summed E-state index contributed by atoms with van der Waals surface area (Å²) in [6.07, 6.45) is 5.00. The van der Waals surface area contributed by atoms with Gasteiger partial charge in [0.05, 0.1) is 0 Å². The molecule has 1 fully saturated rings. The predicted octanol–water partition coefficient (Wildman–Crippen LogP) is 3.19. The van der Waals surface area contributed by atoms with E-state index in [0.29, 0.717) is 11.3 Å². The molecule has 0 bridgehead atoms. The minimum atomic E-state index is 0.153. The molecule has 0 radical (unpaired) electrons. The van der Waals surface area contributed by atoms with Gasteiger partial charge in [0, 0.05) is 5.33 Å². The first-order valence-corrected chi connectivity index (χ1v) is 5.87. The molecule has 0 saturated heterocycles. The smallest absolute Gasteiger partial charge is 0.152 e. The first kappa shape index (κ1) is 11.0. The van der Waals surface area contributed by atoms with E-state index in [1.807, 2.05) is 0 Å². The van der Waals surface area contributed by atoms with Crippen molar-refractivity contribution in [3.63, 3.8) is 0 Å². The van der Waals surface area contributed by atoms with Gasteiger partial charge in [-0.25, -0.2) is 0 Å². The normalized spacial score (nSPS) is 30.8. The molecule has 0 spiro atoms. The highest BCUT2D eigenvalue weighted by Crippen LogP contribution is 2.60. The Bertz CT molecular complexity index is 230. The van der Waals surface area contributed by atoms with Crippen molar-refractivity contribution in [3.05, 3.63) is 12.2 Å². The summed E-state index contributed by atoms with van der Waals surface area (Å²) in [5, 5.41) is 1.06. The predicted molar refractivity (Wildman–Crippen MR) is 59.0 cm³/mol. The van der Waals surface area contributed by atoms with Gasteiger partial charge in [-0.1, -0.05) is 35.9 Å². The van der Waals surface area contributed by atoms with E-state index in [9.17, 15) is 4.79 Å². The van der Waals surface area contributed by atoms with Gasteiger partial charge in [-0.15, -0.1) is 0 Å². The lowest BCUT2D eigenvalue weighted by Crippen LogP contribution is -1.90. The summed E-state index contributed by atoms with van der Waals surface area (Å²) < 4.78 is 0. The molecule has 0 heterocycles. The fourth-order valence-corrected chi connectivity index (χ4v) is 2.57. The number of halogens is 1. The van der Waals surface area contributed by atoms with Crippen molar-refractivity contribution in [3.8, 4) is 0 Å².